The van der Waals surface area contributed by atoms with Crippen LogP contribution in [0, 0.1) is 0 Å². The fraction of sp³-hybridized carbons (Fsp3) is 0.833. The van der Waals surface area contributed by atoms with Crippen molar-refractivity contribution in [2.24, 2.45) is 0 Å². The maximum Gasteiger partial charge on any atom is 0.326 e. The van der Waals surface area contributed by atoms with Gasteiger partial charge in [-0.15, -0.1) is 0 Å². The fourth-order valence-electron chi connectivity index (χ4n) is 1.93. The van der Waals surface area contributed by atoms with Gasteiger partial charge in [0.2, 0.25) is 5.91 Å². The summed E-state index contributed by atoms with van der Waals surface area (Å²) in [6, 6.07) is -0.790. The van der Waals surface area contributed by atoms with Crippen LogP contribution in [0.3, 0.4) is 0 Å². The SMILES string of the molecule is CCCC[C@H](NC(=O)C1CCC(C)O1)C(=O)O. The summed E-state index contributed by atoms with van der Waals surface area (Å²) in [5.74, 6) is -1.27. The molecule has 1 aliphatic rings. The van der Waals surface area contributed by atoms with E-state index in [-0.39, 0.29) is 12.0 Å². The van der Waals surface area contributed by atoms with Gasteiger partial charge in [0.1, 0.15) is 12.1 Å². The van der Waals surface area contributed by atoms with Crippen LogP contribution in [0.2, 0.25) is 0 Å². The molecule has 5 nitrogen and oxygen atoms in total. The van der Waals surface area contributed by atoms with Gasteiger partial charge in [0.05, 0.1) is 6.10 Å². The lowest BCUT2D eigenvalue weighted by Crippen LogP contribution is -2.45. The molecule has 2 unspecified atom stereocenters. The topological polar surface area (TPSA) is 75.6 Å². The molecule has 5 heteroatoms. The Labute approximate surface area is 102 Å². The van der Waals surface area contributed by atoms with Crippen molar-refractivity contribution < 1.29 is 19.4 Å². The first-order valence-corrected chi connectivity index (χ1v) is 6.23. The number of nitrogens with one attached hydrogen (secondary N) is 1. The minimum absolute atomic E-state index is 0.0877. The van der Waals surface area contributed by atoms with Crippen molar-refractivity contribution in [3.05, 3.63) is 0 Å². The van der Waals surface area contributed by atoms with Crippen molar-refractivity contribution in [2.75, 3.05) is 0 Å². The fourth-order valence-corrected chi connectivity index (χ4v) is 1.93. The second-order valence-corrected chi connectivity index (χ2v) is 4.55. The largest absolute Gasteiger partial charge is 0.480 e. The number of amides is 1. The van der Waals surface area contributed by atoms with Crippen LogP contribution in [0.1, 0.15) is 46.0 Å². The van der Waals surface area contributed by atoms with Gasteiger partial charge in [-0.05, 0) is 26.2 Å². The van der Waals surface area contributed by atoms with Gasteiger partial charge in [-0.25, -0.2) is 4.79 Å². The molecule has 0 aromatic carbocycles. The van der Waals surface area contributed by atoms with Crippen molar-refractivity contribution in [1.29, 1.82) is 0 Å². The molecule has 1 aliphatic heterocycles. The van der Waals surface area contributed by atoms with E-state index in [0.717, 1.165) is 19.3 Å². The number of aliphatic carboxylic acids is 1. The minimum Gasteiger partial charge on any atom is -0.480 e. The van der Waals surface area contributed by atoms with Crippen LogP contribution in [-0.4, -0.2) is 35.2 Å². The highest BCUT2D eigenvalue weighted by molar-refractivity contribution is 5.86. The van der Waals surface area contributed by atoms with Crippen LogP contribution in [0.15, 0.2) is 0 Å². The number of carboxylic acid groups (broad SMARTS) is 1. The zero-order valence-corrected chi connectivity index (χ0v) is 10.4. The number of carboxylic acids is 1. The maximum atomic E-state index is 11.8. The van der Waals surface area contributed by atoms with Gasteiger partial charge in [0.15, 0.2) is 0 Å². The van der Waals surface area contributed by atoms with E-state index in [1.165, 1.54) is 0 Å². The Morgan fingerprint density at radius 3 is 2.65 bits per heavy atom. The van der Waals surface area contributed by atoms with Crippen molar-refractivity contribution in [1.82, 2.24) is 5.32 Å². The normalized spacial score (nSPS) is 25.5. The Bertz CT molecular complexity index is 280. The highest BCUT2D eigenvalue weighted by Gasteiger charge is 2.30. The van der Waals surface area contributed by atoms with E-state index in [0.29, 0.717) is 12.8 Å². The Balaban J connectivity index is 2.43. The first-order chi connectivity index (χ1) is 8.04. The van der Waals surface area contributed by atoms with E-state index < -0.39 is 18.1 Å². The molecule has 2 N–H and O–H groups in total. The molecule has 1 amide bonds. The van der Waals surface area contributed by atoms with Gasteiger partial charge in [-0.1, -0.05) is 19.8 Å². The summed E-state index contributed by atoms with van der Waals surface area (Å²) in [5.41, 5.74) is 0. The van der Waals surface area contributed by atoms with Crippen molar-refractivity contribution in [3.63, 3.8) is 0 Å². The van der Waals surface area contributed by atoms with E-state index in [1.807, 2.05) is 13.8 Å². The summed E-state index contributed by atoms with van der Waals surface area (Å²) in [6.07, 6.45) is 3.31. The third-order valence-electron chi connectivity index (χ3n) is 2.99. The Morgan fingerprint density at radius 1 is 1.47 bits per heavy atom. The molecule has 0 spiro atoms. The number of carbonyl (C=O) groups excluding carboxylic acids is 1. The first kappa shape index (κ1) is 14.0. The summed E-state index contributed by atoms with van der Waals surface area (Å²) in [4.78, 5) is 22.7. The average molecular weight is 243 g/mol. The highest BCUT2D eigenvalue weighted by atomic mass is 16.5. The van der Waals surface area contributed by atoms with Crippen molar-refractivity contribution in [3.8, 4) is 0 Å². The first-order valence-electron chi connectivity index (χ1n) is 6.23. The van der Waals surface area contributed by atoms with Crippen LogP contribution in [-0.2, 0) is 14.3 Å². The number of carbonyl (C=O) groups is 2. The second kappa shape index (κ2) is 6.59. The Hall–Kier alpha value is -1.10. The summed E-state index contributed by atoms with van der Waals surface area (Å²) >= 11 is 0. The molecule has 17 heavy (non-hydrogen) atoms. The maximum absolute atomic E-state index is 11.8. The predicted molar refractivity (Wildman–Crippen MR) is 62.7 cm³/mol. The summed E-state index contributed by atoms with van der Waals surface area (Å²) in [6.45, 7) is 3.90. The number of hydrogen-bond donors (Lipinski definition) is 2. The molecular weight excluding hydrogens is 222 g/mol. The molecule has 98 valence electrons. The molecule has 0 radical (unpaired) electrons. The standard InChI is InChI=1S/C12H21NO4/c1-3-4-5-9(12(15)16)13-11(14)10-7-6-8(2)17-10/h8-10H,3-7H2,1-2H3,(H,13,14)(H,15,16)/t8?,9-,10?/m0/s1. The molecular formula is C12H21NO4. The van der Waals surface area contributed by atoms with Crippen LogP contribution < -0.4 is 5.32 Å². The van der Waals surface area contributed by atoms with Crippen LogP contribution in [0.25, 0.3) is 0 Å². The molecule has 1 heterocycles. The minimum atomic E-state index is -0.974. The van der Waals surface area contributed by atoms with Crippen molar-refractivity contribution in [2.45, 2.75) is 64.2 Å². The van der Waals surface area contributed by atoms with E-state index in [4.69, 9.17) is 9.84 Å². The summed E-state index contributed by atoms with van der Waals surface area (Å²) in [5, 5.41) is 11.5. The Kier molecular flexibility index (Phi) is 5.41. The molecule has 0 aromatic rings. The van der Waals surface area contributed by atoms with E-state index in [2.05, 4.69) is 5.32 Å². The van der Waals surface area contributed by atoms with Gasteiger partial charge < -0.3 is 15.2 Å². The lowest BCUT2D eigenvalue weighted by atomic mass is 10.1. The second-order valence-electron chi connectivity index (χ2n) is 4.55. The number of rotatable bonds is 6. The van der Waals surface area contributed by atoms with Gasteiger partial charge in [0.25, 0.3) is 0 Å². The van der Waals surface area contributed by atoms with Gasteiger partial charge in [-0.2, -0.15) is 0 Å². The molecule has 0 aromatic heterocycles. The van der Waals surface area contributed by atoms with Gasteiger partial charge >= 0.3 is 5.97 Å². The molecule has 0 aliphatic carbocycles. The molecule has 1 fully saturated rings. The third kappa shape index (κ3) is 4.34. The number of ether oxygens (including phenoxy) is 1. The predicted octanol–water partition coefficient (Wildman–Crippen LogP) is 1.31. The van der Waals surface area contributed by atoms with E-state index >= 15 is 0 Å². The quantitative estimate of drug-likeness (QED) is 0.737. The molecule has 3 atom stereocenters. The molecule has 1 rings (SSSR count). The zero-order chi connectivity index (χ0) is 12.8. The van der Waals surface area contributed by atoms with Gasteiger partial charge in [-0.3, -0.25) is 4.79 Å². The zero-order valence-electron chi connectivity index (χ0n) is 10.4. The lowest BCUT2D eigenvalue weighted by Gasteiger charge is -2.17. The van der Waals surface area contributed by atoms with Crippen LogP contribution in [0.5, 0.6) is 0 Å². The molecule has 1 saturated heterocycles. The lowest BCUT2D eigenvalue weighted by molar-refractivity contribution is -0.144. The third-order valence-corrected chi connectivity index (χ3v) is 2.99. The smallest absolute Gasteiger partial charge is 0.326 e. The van der Waals surface area contributed by atoms with Gasteiger partial charge in [0, 0.05) is 0 Å². The number of hydrogen-bond acceptors (Lipinski definition) is 3. The molecule has 0 saturated carbocycles. The monoisotopic (exact) mass is 243 g/mol. The highest BCUT2D eigenvalue weighted by Crippen LogP contribution is 2.19. The summed E-state index contributed by atoms with van der Waals surface area (Å²) in [7, 11) is 0. The average Bonchev–Trinajstić information content (AvgIpc) is 2.70. The summed E-state index contributed by atoms with van der Waals surface area (Å²) < 4.78 is 5.40. The van der Waals surface area contributed by atoms with E-state index in [1.54, 1.807) is 0 Å². The van der Waals surface area contributed by atoms with Crippen LogP contribution >= 0.6 is 0 Å². The van der Waals surface area contributed by atoms with Crippen LogP contribution in [0.4, 0.5) is 0 Å². The van der Waals surface area contributed by atoms with Crippen molar-refractivity contribution >= 4 is 11.9 Å². The number of unbranched alkanes of at least 4 members (excludes halogenated alkanes) is 1. The molecule has 0 bridgehead atoms. The van der Waals surface area contributed by atoms with E-state index in [9.17, 15) is 9.59 Å². The Morgan fingerprint density at radius 2 is 2.18 bits per heavy atom.